The molecule has 0 radical (unpaired) electrons. The molecule has 2 rings (SSSR count). The highest BCUT2D eigenvalue weighted by molar-refractivity contribution is 5.99. The van der Waals surface area contributed by atoms with Crippen LogP contribution in [0, 0.1) is 6.92 Å². The van der Waals surface area contributed by atoms with Gasteiger partial charge >= 0.3 is 0 Å². The van der Waals surface area contributed by atoms with Crippen LogP contribution in [0.25, 0.3) is 0 Å². The average molecular weight is 261 g/mol. The molecule has 0 saturated carbocycles. The predicted molar refractivity (Wildman–Crippen MR) is 78.7 cm³/mol. The second kappa shape index (κ2) is 6.06. The summed E-state index contributed by atoms with van der Waals surface area (Å²) in [5, 5.41) is 3.10. The van der Waals surface area contributed by atoms with Gasteiger partial charge in [-0.1, -0.05) is 18.6 Å². The van der Waals surface area contributed by atoms with Crippen LogP contribution in [0.5, 0.6) is 0 Å². The number of hydrogen-bond donors (Lipinski definition) is 1. The summed E-state index contributed by atoms with van der Waals surface area (Å²) >= 11 is 0. The van der Waals surface area contributed by atoms with Crippen molar-refractivity contribution in [3.63, 3.8) is 0 Å². The maximum atomic E-state index is 12.6. The molecule has 0 aromatic heterocycles. The van der Waals surface area contributed by atoms with Gasteiger partial charge in [0, 0.05) is 38.9 Å². The van der Waals surface area contributed by atoms with Crippen molar-refractivity contribution in [1.29, 1.82) is 0 Å². The Hall–Kier alpha value is -1.55. The highest BCUT2D eigenvalue weighted by Crippen LogP contribution is 2.19. The van der Waals surface area contributed by atoms with E-state index < -0.39 is 0 Å². The first kappa shape index (κ1) is 13.9. The van der Waals surface area contributed by atoms with Gasteiger partial charge in [-0.3, -0.25) is 4.79 Å². The highest BCUT2D eigenvalue weighted by atomic mass is 16.2. The van der Waals surface area contributed by atoms with Gasteiger partial charge in [-0.05, 0) is 25.6 Å². The van der Waals surface area contributed by atoms with E-state index in [0.29, 0.717) is 0 Å². The van der Waals surface area contributed by atoms with E-state index in [1.807, 2.05) is 37.1 Å². The van der Waals surface area contributed by atoms with Gasteiger partial charge in [-0.15, -0.1) is 0 Å². The van der Waals surface area contributed by atoms with E-state index in [2.05, 4.69) is 17.1 Å². The van der Waals surface area contributed by atoms with Crippen LogP contribution in [0.15, 0.2) is 18.2 Å². The largest absolute Gasteiger partial charge is 0.387 e. The molecule has 1 saturated heterocycles. The van der Waals surface area contributed by atoms with E-state index in [1.165, 1.54) is 0 Å². The highest BCUT2D eigenvalue weighted by Gasteiger charge is 2.22. The number of rotatable bonds is 3. The molecule has 0 spiro atoms. The number of amides is 1. The fraction of sp³-hybridized carbons (Fsp3) is 0.533. The van der Waals surface area contributed by atoms with Gasteiger partial charge in [0.1, 0.15) is 0 Å². The van der Waals surface area contributed by atoms with E-state index in [0.717, 1.165) is 49.5 Å². The summed E-state index contributed by atoms with van der Waals surface area (Å²) in [6.07, 6.45) is 0. The van der Waals surface area contributed by atoms with Crippen LogP contribution < -0.4 is 5.32 Å². The third-order valence-electron chi connectivity index (χ3n) is 3.78. The zero-order valence-corrected chi connectivity index (χ0v) is 12.1. The van der Waals surface area contributed by atoms with E-state index in [-0.39, 0.29) is 5.91 Å². The molecule has 1 heterocycles. The summed E-state index contributed by atoms with van der Waals surface area (Å²) in [6.45, 7) is 8.84. The molecule has 4 heteroatoms. The lowest BCUT2D eigenvalue weighted by molar-refractivity contribution is 0.0644. The van der Waals surface area contributed by atoms with E-state index in [9.17, 15) is 4.79 Å². The summed E-state index contributed by atoms with van der Waals surface area (Å²) in [7, 11) is 1.86. The standard InChI is InChI=1S/C15H23N3O/c1-4-17-7-9-18(10-8-17)15(19)13-11-12(2)5-6-14(13)16-3/h5-6,11,16H,4,7-10H2,1-3H3. The second-order valence-electron chi connectivity index (χ2n) is 5.03. The summed E-state index contributed by atoms with van der Waals surface area (Å²) in [5.74, 6) is 0.142. The number of carbonyl (C=O) groups is 1. The van der Waals surface area contributed by atoms with Crippen LogP contribution in [0.2, 0.25) is 0 Å². The first-order chi connectivity index (χ1) is 9.15. The van der Waals surface area contributed by atoms with Crippen molar-refractivity contribution in [3.05, 3.63) is 29.3 Å². The maximum Gasteiger partial charge on any atom is 0.256 e. The molecule has 104 valence electrons. The fourth-order valence-electron chi connectivity index (χ4n) is 2.49. The van der Waals surface area contributed by atoms with Gasteiger partial charge in [0.2, 0.25) is 0 Å². The van der Waals surface area contributed by atoms with Crippen LogP contribution in [0.3, 0.4) is 0 Å². The third-order valence-corrected chi connectivity index (χ3v) is 3.78. The van der Waals surface area contributed by atoms with E-state index in [1.54, 1.807) is 0 Å². The van der Waals surface area contributed by atoms with Crippen molar-refractivity contribution in [2.24, 2.45) is 0 Å². The molecular formula is C15H23N3O. The Kier molecular flexibility index (Phi) is 4.43. The molecule has 0 atom stereocenters. The zero-order chi connectivity index (χ0) is 13.8. The maximum absolute atomic E-state index is 12.6. The van der Waals surface area contributed by atoms with Gasteiger partial charge in [-0.2, -0.15) is 0 Å². The minimum atomic E-state index is 0.142. The first-order valence-electron chi connectivity index (χ1n) is 6.95. The van der Waals surface area contributed by atoms with Crippen LogP contribution >= 0.6 is 0 Å². The summed E-state index contributed by atoms with van der Waals surface area (Å²) in [6, 6.07) is 5.98. The lowest BCUT2D eigenvalue weighted by Crippen LogP contribution is -2.48. The van der Waals surface area contributed by atoms with Crippen molar-refractivity contribution < 1.29 is 4.79 Å². The molecule has 1 aliphatic rings. The fourth-order valence-corrected chi connectivity index (χ4v) is 2.49. The normalized spacial score (nSPS) is 16.5. The Morgan fingerprint density at radius 2 is 1.95 bits per heavy atom. The molecule has 0 unspecified atom stereocenters. The van der Waals surface area contributed by atoms with Crippen molar-refractivity contribution >= 4 is 11.6 Å². The van der Waals surface area contributed by atoms with Gasteiger partial charge in [0.15, 0.2) is 0 Å². The monoisotopic (exact) mass is 261 g/mol. The lowest BCUT2D eigenvalue weighted by Gasteiger charge is -2.34. The number of nitrogens with zero attached hydrogens (tertiary/aromatic N) is 2. The minimum Gasteiger partial charge on any atom is -0.387 e. The van der Waals surface area contributed by atoms with Gasteiger partial charge < -0.3 is 15.1 Å². The van der Waals surface area contributed by atoms with Crippen LogP contribution in [0.4, 0.5) is 5.69 Å². The van der Waals surface area contributed by atoms with Gasteiger partial charge in [-0.25, -0.2) is 0 Å². The molecule has 1 aromatic rings. The van der Waals surface area contributed by atoms with Crippen molar-refractivity contribution in [2.75, 3.05) is 45.1 Å². The van der Waals surface area contributed by atoms with E-state index in [4.69, 9.17) is 0 Å². The van der Waals surface area contributed by atoms with Crippen molar-refractivity contribution in [2.45, 2.75) is 13.8 Å². The van der Waals surface area contributed by atoms with Crippen LogP contribution in [0.1, 0.15) is 22.8 Å². The number of likely N-dealkylation sites (N-methyl/N-ethyl adjacent to an activating group) is 1. The number of carbonyl (C=O) groups excluding carboxylic acids is 1. The first-order valence-corrected chi connectivity index (χ1v) is 6.95. The van der Waals surface area contributed by atoms with Crippen LogP contribution in [-0.2, 0) is 0 Å². The Morgan fingerprint density at radius 3 is 2.53 bits per heavy atom. The van der Waals surface area contributed by atoms with E-state index >= 15 is 0 Å². The summed E-state index contributed by atoms with van der Waals surface area (Å²) < 4.78 is 0. The molecule has 1 aliphatic heterocycles. The predicted octanol–water partition coefficient (Wildman–Crippen LogP) is 1.81. The number of hydrogen-bond acceptors (Lipinski definition) is 3. The Bertz CT molecular complexity index is 451. The number of aryl methyl sites for hydroxylation is 1. The molecule has 1 fully saturated rings. The molecule has 1 amide bonds. The van der Waals surface area contributed by atoms with Gasteiger partial charge in [0.25, 0.3) is 5.91 Å². The smallest absolute Gasteiger partial charge is 0.256 e. The van der Waals surface area contributed by atoms with Crippen molar-refractivity contribution in [1.82, 2.24) is 9.80 Å². The summed E-state index contributed by atoms with van der Waals surface area (Å²) in [5.41, 5.74) is 2.82. The van der Waals surface area contributed by atoms with Gasteiger partial charge in [0.05, 0.1) is 5.56 Å². The van der Waals surface area contributed by atoms with Crippen LogP contribution in [-0.4, -0.2) is 55.5 Å². The average Bonchev–Trinajstić information content (AvgIpc) is 2.46. The molecule has 1 aromatic carbocycles. The lowest BCUT2D eigenvalue weighted by atomic mass is 10.1. The second-order valence-corrected chi connectivity index (χ2v) is 5.03. The molecule has 0 bridgehead atoms. The molecule has 0 aliphatic carbocycles. The number of anilines is 1. The molecule has 1 N–H and O–H groups in total. The third kappa shape index (κ3) is 3.07. The Morgan fingerprint density at radius 1 is 1.26 bits per heavy atom. The zero-order valence-electron chi connectivity index (χ0n) is 12.1. The SMILES string of the molecule is CCN1CCN(C(=O)c2cc(C)ccc2NC)CC1. The minimum absolute atomic E-state index is 0.142. The molecular weight excluding hydrogens is 238 g/mol. The Balaban J connectivity index is 2.14. The molecule has 19 heavy (non-hydrogen) atoms. The quantitative estimate of drug-likeness (QED) is 0.901. The number of benzene rings is 1. The Labute approximate surface area is 115 Å². The van der Waals surface area contributed by atoms with Crippen molar-refractivity contribution in [3.8, 4) is 0 Å². The summed E-state index contributed by atoms with van der Waals surface area (Å²) in [4.78, 5) is 16.9. The number of piperazine rings is 1. The molecule has 4 nitrogen and oxygen atoms in total. The topological polar surface area (TPSA) is 35.6 Å². The number of nitrogens with one attached hydrogen (secondary N) is 1.